The van der Waals surface area contributed by atoms with Crippen molar-refractivity contribution in [1.82, 2.24) is 0 Å². The predicted octanol–water partition coefficient (Wildman–Crippen LogP) is 3.07. The summed E-state index contributed by atoms with van der Waals surface area (Å²) in [5, 5.41) is 22.2. The molecule has 0 radical (unpaired) electrons. The number of Topliss-reactive ketones (excluding diaryl/α,β-unsaturated/α-hetero) is 1. The van der Waals surface area contributed by atoms with Gasteiger partial charge in [0.15, 0.2) is 0 Å². The molecule has 0 unspecified atom stereocenters. The van der Waals surface area contributed by atoms with E-state index in [-0.39, 0.29) is 16.9 Å². The Hall–Kier alpha value is -0.410. The van der Waals surface area contributed by atoms with Gasteiger partial charge in [0.05, 0.1) is 11.7 Å². The van der Waals surface area contributed by atoms with Crippen LogP contribution >= 0.6 is 0 Å². The van der Waals surface area contributed by atoms with Gasteiger partial charge in [0.2, 0.25) is 0 Å². The second-order valence-electron chi connectivity index (χ2n) is 9.17. The van der Waals surface area contributed by atoms with Gasteiger partial charge in [-0.1, -0.05) is 13.8 Å². The molecule has 0 aliphatic heterocycles. The largest absolute Gasteiger partial charge is 0.393 e. The van der Waals surface area contributed by atoms with Gasteiger partial charge < -0.3 is 10.2 Å². The first kappa shape index (κ1) is 15.1. The van der Waals surface area contributed by atoms with E-state index in [1.165, 1.54) is 0 Å². The Kier molecular flexibility index (Phi) is 3.14. The minimum atomic E-state index is -0.620. The fourth-order valence-corrected chi connectivity index (χ4v) is 6.96. The van der Waals surface area contributed by atoms with Crippen molar-refractivity contribution in [1.29, 1.82) is 0 Å². The zero-order valence-electron chi connectivity index (χ0n) is 14.0. The highest BCUT2D eigenvalue weighted by Crippen LogP contribution is 2.67. The van der Waals surface area contributed by atoms with E-state index in [1.807, 2.05) is 0 Å². The van der Waals surface area contributed by atoms with Crippen LogP contribution in [0.1, 0.15) is 71.6 Å². The summed E-state index contributed by atoms with van der Waals surface area (Å²) in [4.78, 5) is 11.9. The lowest BCUT2D eigenvalue weighted by atomic mass is 9.43. The summed E-state index contributed by atoms with van der Waals surface area (Å²) >= 11 is 0. The minimum Gasteiger partial charge on any atom is -0.393 e. The molecule has 0 aromatic heterocycles. The van der Waals surface area contributed by atoms with E-state index in [9.17, 15) is 15.0 Å². The summed E-state index contributed by atoms with van der Waals surface area (Å²) in [6, 6.07) is 0. The fraction of sp³-hybridized carbons (Fsp3) is 0.947. The van der Waals surface area contributed by atoms with Crippen LogP contribution in [0.3, 0.4) is 0 Å². The zero-order valence-corrected chi connectivity index (χ0v) is 14.0. The quantitative estimate of drug-likeness (QED) is 0.723. The van der Waals surface area contributed by atoms with Gasteiger partial charge in [-0.2, -0.15) is 0 Å². The number of aliphatic hydroxyl groups is 2. The SMILES string of the molecule is C[C@]12CC[C@@]3(O)[C@H](CC[C@H]4CC(=O)CC[C@@]43C)[C@H]1CC[C@@H]2O. The van der Waals surface area contributed by atoms with Gasteiger partial charge in [0, 0.05) is 18.3 Å². The first-order valence-corrected chi connectivity index (χ1v) is 9.23. The number of fused-ring (bicyclic) bond motifs is 5. The Labute approximate surface area is 133 Å². The number of ketones is 1. The maximum Gasteiger partial charge on any atom is 0.133 e. The molecule has 4 aliphatic carbocycles. The summed E-state index contributed by atoms with van der Waals surface area (Å²) in [5.74, 6) is 1.53. The third kappa shape index (κ3) is 1.67. The van der Waals surface area contributed by atoms with Crippen molar-refractivity contribution in [2.45, 2.75) is 83.3 Å². The van der Waals surface area contributed by atoms with Crippen LogP contribution in [0.25, 0.3) is 0 Å². The lowest BCUT2D eigenvalue weighted by molar-refractivity contribution is -0.235. The number of hydrogen-bond acceptors (Lipinski definition) is 3. The van der Waals surface area contributed by atoms with Crippen molar-refractivity contribution in [2.24, 2.45) is 28.6 Å². The molecule has 2 N–H and O–H groups in total. The van der Waals surface area contributed by atoms with Crippen molar-refractivity contribution in [3.8, 4) is 0 Å². The van der Waals surface area contributed by atoms with Gasteiger partial charge >= 0.3 is 0 Å². The number of carbonyl (C=O) groups excluding carboxylic acids is 1. The molecule has 0 aromatic rings. The van der Waals surface area contributed by atoms with E-state index in [4.69, 9.17) is 0 Å². The molecule has 3 nitrogen and oxygen atoms in total. The maximum atomic E-state index is 11.9. The molecule has 4 fully saturated rings. The van der Waals surface area contributed by atoms with Crippen LogP contribution < -0.4 is 0 Å². The second-order valence-corrected chi connectivity index (χ2v) is 9.17. The highest BCUT2D eigenvalue weighted by Gasteiger charge is 2.66. The molecule has 124 valence electrons. The molecule has 7 atom stereocenters. The molecule has 4 aliphatic rings. The summed E-state index contributed by atoms with van der Waals surface area (Å²) in [7, 11) is 0. The summed E-state index contributed by atoms with van der Waals surface area (Å²) in [5.41, 5.74) is -0.714. The highest BCUT2D eigenvalue weighted by atomic mass is 16.3. The van der Waals surface area contributed by atoms with Crippen molar-refractivity contribution >= 4 is 5.78 Å². The van der Waals surface area contributed by atoms with E-state index >= 15 is 0 Å². The van der Waals surface area contributed by atoms with Gasteiger partial charge in [-0.25, -0.2) is 0 Å². The third-order valence-electron chi connectivity index (χ3n) is 8.62. The van der Waals surface area contributed by atoms with E-state index in [2.05, 4.69) is 13.8 Å². The van der Waals surface area contributed by atoms with Crippen LogP contribution in [-0.4, -0.2) is 27.7 Å². The Morgan fingerprint density at radius 2 is 1.73 bits per heavy atom. The topological polar surface area (TPSA) is 57.5 Å². The molecule has 0 heterocycles. The van der Waals surface area contributed by atoms with Crippen LogP contribution in [0.5, 0.6) is 0 Å². The number of hydrogen-bond donors (Lipinski definition) is 2. The molecular weight excluding hydrogens is 276 g/mol. The van der Waals surface area contributed by atoms with Crippen molar-refractivity contribution in [2.75, 3.05) is 0 Å². The highest BCUT2D eigenvalue weighted by molar-refractivity contribution is 5.79. The zero-order chi connectivity index (χ0) is 15.8. The van der Waals surface area contributed by atoms with E-state index in [0.29, 0.717) is 36.4 Å². The summed E-state index contributed by atoms with van der Waals surface area (Å²) in [6.07, 6.45) is 7.80. The lowest BCUT2D eigenvalue weighted by Crippen LogP contribution is -2.65. The first-order valence-electron chi connectivity index (χ1n) is 9.23. The normalized spacial score (nSPS) is 57.9. The summed E-state index contributed by atoms with van der Waals surface area (Å²) in [6.45, 7) is 4.50. The van der Waals surface area contributed by atoms with Crippen molar-refractivity contribution < 1.29 is 15.0 Å². The molecule has 22 heavy (non-hydrogen) atoms. The van der Waals surface area contributed by atoms with Crippen LogP contribution in [0.4, 0.5) is 0 Å². The third-order valence-corrected chi connectivity index (χ3v) is 8.62. The Bertz CT molecular complexity index is 503. The molecule has 0 spiro atoms. The van der Waals surface area contributed by atoms with Gasteiger partial charge in [-0.05, 0) is 68.1 Å². The smallest absolute Gasteiger partial charge is 0.133 e. The Morgan fingerprint density at radius 3 is 2.50 bits per heavy atom. The van der Waals surface area contributed by atoms with Gasteiger partial charge in [0.1, 0.15) is 5.78 Å². The van der Waals surface area contributed by atoms with E-state index in [1.54, 1.807) is 0 Å². The standard InChI is InChI=1S/C19H30O3/c1-17-9-10-19(22)15(14(17)5-6-16(17)21)4-3-12-11-13(20)7-8-18(12,19)2/h12,14-16,21-22H,3-11H2,1-2H3/t12-,14+,15+,16-,17-,18-,19+/m0/s1. The van der Waals surface area contributed by atoms with E-state index in [0.717, 1.165) is 44.9 Å². The average Bonchev–Trinajstić information content (AvgIpc) is 2.77. The molecule has 4 rings (SSSR count). The minimum absolute atomic E-state index is 0.00454. The fourth-order valence-electron chi connectivity index (χ4n) is 6.96. The maximum absolute atomic E-state index is 11.9. The Morgan fingerprint density at radius 1 is 1.00 bits per heavy atom. The van der Waals surface area contributed by atoms with Crippen LogP contribution in [0, 0.1) is 28.6 Å². The van der Waals surface area contributed by atoms with Gasteiger partial charge in [-0.15, -0.1) is 0 Å². The van der Waals surface area contributed by atoms with Gasteiger partial charge in [-0.3, -0.25) is 4.79 Å². The first-order chi connectivity index (χ1) is 10.3. The predicted molar refractivity (Wildman–Crippen MR) is 84.2 cm³/mol. The molecule has 0 saturated heterocycles. The Balaban J connectivity index is 1.71. The van der Waals surface area contributed by atoms with Crippen LogP contribution in [0.2, 0.25) is 0 Å². The lowest BCUT2D eigenvalue weighted by Gasteiger charge is -2.64. The van der Waals surface area contributed by atoms with Crippen molar-refractivity contribution in [3.05, 3.63) is 0 Å². The van der Waals surface area contributed by atoms with Crippen LogP contribution in [0.15, 0.2) is 0 Å². The molecule has 0 bridgehead atoms. The van der Waals surface area contributed by atoms with Crippen molar-refractivity contribution in [3.63, 3.8) is 0 Å². The van der Waals surface area contributed by atoms with Crippen LogP contribution in [-0.2, 0) is 4.79 Å². The number of rotatable bonds is 0. The molecule has 0 amide bonds. The molecular formula is C19H30O3. The monoisotopic (exact) mass is 306 g/mol. The molecule has 3 heteroatoms. The average molecular weight is 306 g/mol. The number of carbonyl (C=O) groups is 1. The second kappa shape index (κ2) is 4.57. The molecule has 4 saturated carbocycles. The van der Waals surface area contributed by atoms with E-state index < -0.39 is 5.60 Å². The van der Waals surface area contributed by atoms with Gasteiger partial charge in [0.25, 0.3) is 0 Å². The molecule has 0 aromatic carbocycles. The number of aliphatic hydroxyl groups excluding tert-OH is 1. The summed E-state index contributed by atoms with van der Waals surface area (Å²) < 4.78 is 0.